The maximum atomic E-state index is 12.9. The monoisotopic (exact) mass is 401 g/mol. The summed E-state index contributed by atoms with van der Waals surface area (Å²) in [4.78, 5) is 30.6. The van der Waals surface area contributed by atoms with Crippen molar-refractivity contribution in [2.75, 3.05) is 19.0 Å². The molecule has 0 radical (unpaired) electrons. The average molecular weight is 401 g/mol. The molecule has 1 unspecified atom stereocenters. The van der Waals surface area contributed by atoms with E-state index >= 15 is 0 Å². The van der Waals surface area contributed by atoms with Crippen molar-refractivity contribution in [3.63, 3.8) is 0 Å². The summed E-state index contributed by atoms with van der Waals surface area (Å²) in [6.45, 7) is 2.50. The molecule has 0 aliphatic carbocycles. The number of carbonyl (C=O) groups excluding carboxylic acids is 2. The first-order valence-electron chi connectivity index (χ1n) is 8.77. The summed E-state index contributed by atoms with van der Waals surface area (Å²) in [6.07, 6.45) is 0.00745. The maximum Gasteiger partial charge on any atom is 0.242 e. The molecule has 1 atom stereocenters. The Morgan fingerprint density at radius 1 is 1.21 bits per heavy atom. The molecule has 0 aromatic heterocycles. The minimum Gasteiger partial charge on any atom is -0.494 e. The number of hydrogen-bond donors (Lipinski definition) is 1. The molecule has 3 rings (SSSR count). The molecule has 28 heavy (non-hydrogen) atoms. The first-order chi connectivity index (χ1) is 13.5. The van der Waals surface area contributed by atoms with Crippen LogP contribution in [0.2, 0.25) is 0 Å². The number of hydrogen-bond acceptors (Lipinski definition) is 5. The van der Waals surface area contributed by atoms with Gasteiger partial charge in [0, 0.05) is 19.2 Å². The fraction of sp³-hybridized carbons (Fsp3) is 0.250. The van der Waals surface area contributed by atoms with Crippen LogP contribution in [0.25, 0.3) is 0 Å². The highest BCUT2D eigenvalue weighted by Crippen LogP contribution is 2.31. The summed E-state index contributed by atoms with van der Waals surface area (Å²) in [5.41, 5.74) is 1.18. The van der Waals surface area contributed by atoms with E-state index in [0.29, 0.717) is 23.1 Å². The minimum atomic E-state index is -0.549. The molecule has 1 aliphatic rings. The number of ether oxygens (including phenoxy) is 1. The SMILES string of the molecule is CCOc1ccc(N=C2SC(CC(=O)Nc3ccc(F)cc3)C(=O)N2C)cc1. The molecule has 2 aromatic rings. The summed E-state index contributed by atoms with van der Waals surface area (Å²) >= 11 is 1.25. The molecule has 0 saturated carbocycles. The van der Waals surface area contributed by atoms with Crippen molar-refractivity contribution in [2.24, 2.45) is 4.99 Å². The topological polar surface area (TPSA) is 71.0 Å². The van der Waals surface area contributed by atoms with E-state index in [1.165, 1.54) is 40.9 Å². The predicted octanol–water partition coefficient (Wildman–Crippen LogP) is 3.81. The van der Waals surface area contributed by atoms with Crippen molar-refractivity contribution in [2.45, 2.75) is 18.6 Å². The maximum absolute atomic E-state index is 12.9. The van der Waals surface area contributed by atoms with Gasteiger partial charge in [-0.3, -0.25) is 14.5 Å². The first-order valence-corrected chi connectivity index (χ1v) is 9.65. The Morgan fingerprint density at radius 2 is 1.89 bits per heavy atom. The fourth-order valence-corrected chi connectivity index (χ4v) is 3.76. The van der Waals surface area contributed by atoms with Gasteiger partial charge in [-0.2, -0.15) is 0 Å². The number of nitrogens with one attached hydrogen (secondary N) is 1. The van der Waals surface area contributed by atoms with Crippen molar-refractivity contribution in [3.8, 4) is 5.75 Å². The van der Waals surface area contributed by atoms with Gasteiger partial charge < -0.3 is 10.1 Å². The van der Waals surface area contributed by atoms with Crippen LogP contribution in [0, 0.1) is 5.82 Å². The Balaban J connectivity index is 1.63. The molecule has 1 aliphatic heterocycles. The smallest absolute Gasteiger partial charge is 0.242 e. The normalized spacial score (nSPS) is 17.8. The number of amides is 2. The highest BCUT2D eigenvalue weighted by atomic mass is 32.2. The molecule has 1 saturated heterocycles. The summed E-state index contributed by atoms with van der Waals surface area (Å²) in [5.74, 6) is -0.112. The molecule has 146 valence electrons. The lowest BCUT2D eigenvalue weighted by molar-refractivity contribution is -0.127. The molecule has 2 aromatic carbocycles. The van der Waals surface area contributed by atoms with Crippen LogP contribution in [-0.2, 0) is 9.59 Å². The minimum absolute atomic E-state index is 0.00745. The molecule has 0 spiro atoms. The molecular formula is C20H20FN3O3S. The number of carbonyl (C=O) groups is 2. The number of rotatable bonds is 6. The third kappa shape index (κ3) is 4.89. The standard InChI is InChI=1S/C20H20FN3O3S/c1-3-27-16-10-8-15(9-11-16)23-20-24(2)19(26)17(28-20)12-18(25)22-14-6-4-13(21)5-7-14/h4-11,17H,3,12H2,1-2H3,(H,22,25). The van der Waals surface area contributed by atoms with Crippen molar-refractivity contribution >= 4 is 40.1 Å². The van der Waals surface area contributed by atoms with E-state index in [1.807, 2.05) is 31.2 Å². The Bertz CT molecular complexity index is 885. The van der Waals surface area contributed by atoms with E-state index in [-0.39, 0.29) is 24.1 Å². The quantitative estimate of drug-likeness (QED) is 0.799. The van der Waals surface area contributed by atoms with Crippen LogP contribution in [0.15, 0.2) is 53.5 Å². The Labute approximate surface area is 166 Å². The molecule has 0 bridgehead atoms. The van der Waals surface area contributed by atoms with E-state index in [4.69, 9.17) is 4.74 Å². The van der Waals surface area contributed by atoms with Gasteiger partial charge in [0.1, 0.15) is 16.8 Å². The second-order valence-corrected chi connectivity index (χ2v) is 7.25. The molecular weight excluding hydrogens is 381 g/mol. The van der Waals surface area contributed by atoms with Gasteiger partial charge in [-0.25, -0.2) is 9.38 Å². The van der Waals surface area contributed by atoms with E-state index < -0.39 is 5.25 Å². The number of nitrogens with zero attached hydrogens (tertiary/aromatic N) is 2. The Hall–Kier alpha value is -2.87. The van der Waals surface area contributed by atoms with Gasteiger partial charge in [0.2, 0.25) is 11.8 Å². The van der Waals surface area contributed by atoms with Crippen LogP contribution in [0.3, 0.4) is 0 Å². The van der Waals surface area contributed by atoms with Crippen molar-refractivity contribution in [1.82, 2.24) is 4.90 Å². The van der Waals surface area contributed by atoms with Gasteiger partial charge in [-0.05, 0) is 55.5 Å². The average Bonchev–Trinajstić information content (AvgIpc) is 2.93. The third-order valence-electron chi connectivity index (χ3n) is 4.01. The van der Waals surface area contributed by atoms with Crippen molar-refractivity contribution in [1.29, 1.82) is 0 Å². The van der Waals surface area contributed by atoms with Gasteiger partial charge in [0.05, 0.1) is 12.3 Å². The van der Waals surface area contributed by atoms with Gasteiger partial charge in [-0.15, -0.1) is 0 Å². The molecule has 1 N–H and O–H groups in total. The molecule has 6 nitrogen and oxygen atoms in total. The number of anilines is 1. The number of amidine groups is 1. The van der Waals surface area contributed by atoms with Gasteiger partial charge in [-0.1, -0.05) is 11.8 Å². The third-order valence-corrected chi connectivity index (χ3v) is 5.24. The van der Waals surface area contributed by atoms with Gasteiger partial charge in [0.25, 0.3) is 0 Å². The lowest BCUT2D eigenvalue weighted by atomic mass is 10.2. The molecule has 2 amide bonds. The predicted molar refractivity (Wildman–Crippen MR) is 109 cm³/mol. The number of halogens is 1. The van der Waals surface area contributed by atoms with Crippen LogP contribution in [0.5, 0.6) is 5.75 Å². The number of aliphatic imine (C=N–C) groups is 1. The zero-order chi connectivity index (χ0) is 20.1. The van der Waals surface area contributed by atoms with Crippen LogP contribution in [0.1, 0.15) is 13.3 Å². The lowest BCUT2D eigenvalue weighted by Gasteiger charge is -2.09. The number of benzene rings is 2. The van der Waals surface area contributed by atoms with Gasteiger partial charge >= 0.3 is 0 Å². The Kier molecular flexibility index (Phi) is 6.30. The van der Waals surface area contributed by atoms with Gasteiger partial charge in [0.15, 0.2) is 5.17 Å². The summed E-state index contributed by atoms with van der Waals surface area (Å²) in [5, 5.41) is 2.66. The molecule has 1 fully saturated rings. The second kappa shape index (κ2) is 8.88. The highest BCUT2D eigenvalue weighted by molar-refractivity contribution is 8.15. The number of thioether (sulfide) groups is 1. The van der Waals surface area contributed by atoms with Crippen molar-refractivity contribution in [3.05, 3.63) is 54.3 Å². The van der Waals surface area contributed by atoms with E-state index in [2.05, 4.69) is 10.3 Å². The largest absolute Gasteiger partial charge is 0.494 e. The van der Waals surface area contributed by atoms with Crippen LogP contribution >= 0.6 is 11.8 Å². The van der Waals surface area contributed by atoms with Crippen molar-refractivity contribution < 1.29 is 18.7 Å². The van der Waals surface area contributed by atoms with E-state index in [1.54, 1.807) is 7.05 Å². The summed E-state index contributed by atoms with van der Waals surface area (Å²) < 4.78 is 18.3. The van der Waals surface area contributed by atoms with E-state index in [0.717, 1.165) is 5.75 Å². The zero-order valence-corrected chi connectivity index (χ0v) is 16.3. The zero-order valence-electron chi connectivity index (χ0n) is 15.5. The van der Waals surface area contributed by atoms with Crippen LogP contribution in [0.4, 0.5) is 15.8 Å². The van der Waals surface area contributed by atoms with E-state index in [9.17, 15) is 14.0 Å². The second-order valence-electron chi connectivity index (χ2n) is 6.08. The Morgan fingerprint density at radius 3 is 2.54 bits per heavy atom. The molecule has 8 heteroatoms. The summed E-state index contributed by atoms with van der Waals surface area (Å²) in [6, 6.07) is 12.7. The fourth-order valence-electron chi connectivity index (χ4n) is 2.60. The summed E-state index contributed by atoms with van der Waals surface area (Å²) in [7, 11) is 1.64. The lowest BCUT2D eigenvalue weighted by Crippen LogP contribution is -2.30. The van der Waals surface area contributed by atoms with Crippen LogP contribution in [-0.4, -0.2) is 40.8 Å². The molecule has 1 heterocycles. The van der Waals surface area contributed by atoms with Crippen LogP contribution < -0.4 is 10.1 Å². The highest BCUT2D eigenvalue weighted by Gasteiger charge is 2.37. The first kappa shape index (κ1) is 19.9.